The zero-order valence-electron chi connectivity index (χ0n) is 15.6. The summed E-state index contributed by atoms with van der Waals surface area (Å²) in [6.45, 7) is 2.21. The van der Waals surface area contributed by atoms with E-state index in [1.54, 1.807) is 0 Å². The second-order valence-electron chi connectivity index (χ2n) is 6.21. The van der Waals surface area contributed by atoms with Crippen molar-refractivity contribution >= 4 is 23.2 Å². The maximum Gasteiger partial charge on any atom is 0.434 e. The SMILES string of the molecule is CCCOc1ccc(Cl)cc1NC(=O)c1cnn(-c2ccccc2F)c1C(F)(F)F. The normalized spacial score (nSPS) is 11.4. The summed E-state index contributed by atoms with van der Waals surface area (Å²) in [4.78, 5) is 12.7. The Balaban J connectivity index is 2.02. The second kappa shape index (κ2) is 8.74. The lowest BCUT2D eigenvalue weighted by Crippen LogP contribution is -2.21. The van der Waals surface area contributed by atoms with E-state index < -0.39 is 34.8 Å². The monoisotopic (exact) mass is 441 g/mol. The Morgan fingerprint density at radius 3 is 2.63 bits per heavy atom. The smallest absolute Gasteiger partial charge is 0.434 e. The van der Waals surface area contributed by atoms with Crippen LogP contribution in [0.25, 0.3) is 5.69 Å². The first-order chi connectivity index (χ1) is 14.2. The van der Waals surface area contributed by atoms with Gasteiger partial charge in [0.25, 0.3) is 5.91 Å². The molecule has 0 bridgehead atoms. The molecule has 0 spiro atoms. The highest BCUT2D eigenvalue weighted by atomic mass is 35.5. The van der Waals surface area contributed by atoms with E-state index in [4.69, 9.17) is 16.3 Å². The molecule has 0 aliphatic rings. The molecule has 3 aromatic rings. The van der Waals surface area contributed by atoms with Gasteiger partial charge in [0.2, 0.25) is 0 Å². The molecule has 0 fully saturated rings. The van der Waals surface area contributed by atoms with E-state index in [1.165, 1.54) is 30.3 Å². The summed E-state index contributed by atoms with van der Waals surface area (Å²) in [6.07, 6.45) is -3.55. The number of amides is 1. The standard InChI is InChI=1S/C20H16ClF4N3O2/c1-2-9-30-17-8-7-12(21)10-15(17)27-19(29)13-11-26-28(18(13)20(23,24)25)16-6-4-3-5-14(16)22/h3-8,10-11H,2,9H2,1H3,(H,27,29). The minimum absolute atomic E-state index is 0.104. The van der Waals surface area contributed by atoms with E-state index >= 15 is 0 Å². The molecule has 2 aromatic carbocycles. The molecule has 10 heteroatoms. The number of carbonyl (C=O) groups excluding carboxylic acids is 1. The largest absolute Gasteiger partial charge is 0.491 e. The van der Waals surface area contributed by atoms with Gasteiger partial charge in [-0.1, -0.05) is 30.7 Å². The Kier molecular flexibility index (Phi) is 6.31. The first kappa shape index (κ1) is 21.6. The molecule has 1 amide bonds. The number of halogens is 5. The van der Waals surface area contributed by atoms with E-state index in [1.807, 2.05) is 6.92 Å². The highest BCUT2D eigenvalue weighted by Crippen LogP contribution is 2.35. The van der Waals surface area contributed by atoms with E-state index in [9.17, 15) is 22.4 Å². The Labute approximate surface area is 174 Å². The summed E-state index contributed by atoms with van der Waals surface area (Å²) in [7, 11) is 0. The van der Waals surface area contributed by atoms with Crippen LogP contribution in [0.2, 0.25) is 5.02 Å². The molecule has 1 N–H and O–H groups in total. The van der Waals surface area contributed by atoms with Crippen molar-refractivity contribution in [1.82, 2.24) is 9.78 Å². The number of carbonyl (C=O) groups is 1. The summed E-state index contributed by atoms with van der Waals surface area (Å²) in [5.74, 6) is -1.75. The van der Waals surface area contributed by atoms with Gasteiger partial charge in [-0.3, -0.25) is 4.79 Å². The number of aromatic nitrogens is 2. The van der Waals surface area contributed by atoms with Crippen molar-refractivity contribution in [2.75, 3.05) is 11.9 Å². The van der Waals surface area contributed by atoms with Crippen LogP contribution in [0.3, 0.4) is 0 Å². The average Bonchev–Trinajstić information content (AvgIpc) is 3.13. The topological polar surface area (TPSA) is 56.1 Å². The lowest BCUT2D eigenvalue weighted by Gasteiger charge is -2.15. The van der Waals surface area contributed by atoms with Crippen LogP contribution in [0.15, 0.2) is 48.7 Å². The van der Waals surface area contributed by atoms with Gasteiger partial charge in [-0.15, -0.1) is 0 Å². The van der Waals surface area contributed by atoms with Crippen LogP contribution in [0.4, 0.5) is 23.2 Å². The first-order valence-corrected chi connectivity index (χ1v) is 9.24. The van der Waals surface area contributed by atoms with Crippen molar-refractivity contribution < 1.29 is 27.1 Å². The van der Waals surface area contributed by atoms with Crippen LogP contribution in [-0.4, -0.2) is 22.3 Å². The summed E-state index contributed by atoms with van der Waals surface area (Å²) < 4.78 is 61.2. The van der Waals surface area contributed by atoms with Crippen LogP contribution in [0, 0.1) is 5.82 Å². The van der Waals surface area contributed by atoms with Crippen LogP contribution in [0.5, 0.6) is 5.75 Å². The van der Waals surface area contributed by atoms with Gasteiger partial charge in [0.1, 0.15) is 17.3 Å². The van der Waals surface area contributed by atoms with Crippen molar-refractivity contribution in [3.8, 4) is 11.4 Å². The molecule has 0 unspecified atom stereocenters. The van der Waals surface area contributed by atoms with E-state index in [-0.39, 0.29) is 16.5 Å². The molecular formula is C20H16ClF4N3O2. The summed E-state index contributed by atoms with van der Waals surface area (Å²) >= 11 is 5.94. The van der Waals surface area contributed by atoms with Gasteiger partial charge in [0.15, 0.2) is 5.69 Å². The van der Waals surface area contributed by atoms with Crippen molar-refractivity contribution in [2.45, 2.75) is 19.5 Å². The van der Waals surface area contributed by atoms with Crippen molar-refractivity contribution in [1.29, 1.82) is 0 Å². The number of nitrogens with zero attached hydrogens (tertiary/aromatic N) is 2. The fraction of sp³-hybridized carbons (Fsp3) is 0.200. The van der Waals surface area contributed by atoms with Gasteiger partial charge in [-0.25, -0.2) is 9.07 Å². The van der Waals surface area contributed by atoms with Gasteiger partial charge >= 0.3 is 6.18 Å². The van der Waals surface area contributed by atoms with Gasteiger partial charge < -0.3 is 10.1 Å². The number of alkyl halides is 3. The second-order valence-corrected chi connectivity index (χ2v) is 6.65. The molecule has 5 nitrogen and oxygen atoms in total. The highest BCUT2D eigenvalue weighted by Gasteiger charge is 2.41. The maximum atomic E-state index is 14.1. The fourth-order valence-corrected chi connectivity index (χ4v) is 2.89. The summed E-state index contributed by atoms with van der Waals surface area (Å²) in [5, 5.41) is 6.23. The minimum atomic E-state index is -4.97. The highest BCUT2D eigenvalue weighted by molar-refractivity contribution is 6.31. The molecule has 0 radical (unpaired) electrons. The molecule has 0 atom stereocenters. The van der Waals surface area contributed by atoms with E-state index in [2.05, 4.69) is 10.4 Å². The number of hydrogen-bond acceptors (Lipinski definition) is 3. The molecular weight excluding hydrogens is 426 g/mol. The van der Waals surface area contributed by atoms with Gasteiger partial charge in [-0.2, -0.15) is 18.3 Å². The number of ether oxygens (including phenoxy) is 1. The van der Waals surface area contributed by atoms with Crippen LogP contribution >= 0.6 is 11.6 Å². The summed E-state index contributed by atoms with van der Waals surface area (Å²) in [5.41, 5.74) is -2.50. The molecule has 1 heterocycles. The Morgan fingerprint density at radius 1 is 1.23 bits per heavy atom. The number of nitrogens with one attached hydrogen (secondary N) is 1. The zero-order valence-corrected chi connectivity index (χ0v) is 16.4. The Morgan fingerprint density at radius 2 is 1.97 bits per heavy atom. The lowest BCUT2D eigenvalue weighted by molar-refractivity contribution is -0.143. The molecule has 0 saturated carbocycles. The molecule has 30 heavy (non-hydrogen) atoms. The van der Waals surface area contributed by atoms with Crippen molar-refractivity contribution in [3.05, 3.63) is 70.8 Å². The van der Waals surface area contributed by atoms with E-state index in [0.29, 0.717) is 17.7 Å². The first-order valence-electron chi connectivity index (χ1n) is 8.86. The van der Waals surface area contributed by atoms with Crippen molar-refractivity contribution in [3.63, 3.8) is 0 Å². The minimum Gasteiger partial charge on any atom is -0.491 e. The molecule has 158 valence electrons. The van der Waals surface area contributed by atoms with Gasteiger partial charge in [0.05, 0.1) is 24.1 Å². The molecule has 0 aliphatic heterocycles. The molecule has 1 aromatic heterocycles. The predicted octanol–water partition coefficient (Wildman–Crippen LogP) is 5.72. The average molecular weight is 442 g/mol. The third kappa shape index (κ3) is 4.56. The van der Waals surface area contributed by atoms with Crippen LogP contribution < -0.4 is 10.1 Å². The number of benzene rings is 2. The molecule has 3 rings (SSSR count). The van der Waals surface area contributed by atoms with Crippen molar-refractivity contribution in [2.24, 2.45) is 0 Å². The van der Waals surface area contributed by atoms with E-state index in [0.717, 1.165) is 18.3 Å². The zero-order chi connectivity index (χ0) is 21.9. The van der Waals surface area contributed by atoms with Gasteiger partial charge in [0, 0.05) is 5.02 Å². The molecule has 0 aliphatic carbocycles. The Hall–Kier alpha value is -3.07. The lowest BCUT2D eigenvalue weighted by atomic mass is 10.2. The maximum absolute atomic E-state index is 14.1. The number of rotatable bonds is 6. The van der Waals surface area contributed by atoms with Crippen LogP contribution in [-0.2, 0) is 6.18 Å². The third-order valence-electron chi connectivity index (χ3n) is 4.01. The predicted molar refractivity (Wildman–Crippen MR) is 104 cm³/mol. The number of hydrogen-bond donors (Lipinski definition) is 1. The quantitative estimate of drug-likeness (QED) is 0.497. The molecule has 0 saturated heterocycles. The number of anilines is 1. The van der Waals surface area contributed by atoms with Crippen LogP contribution in [0.1, 0.15) is 29.4 Å². The van der Waals surface area contributed by atoms with Gasteiger partial charge in [-0.05, 0) is 36.8 Å². The number of para-hydroxylation sites is 1. The Bertz CT molecular complexity index is 1070. The fourth-order valence-electron chi connectivity index (χ4n) is 2.72. The summed E-state index contributed by atoms with van der Waals surface area (Å²) in [6, 6.07) is 9.22. The third-order valence-corrected chi connectivity index (χ3v) is 4.25.